The minimum Gasteiger partial charge on any atom is -0.0620 e. The van der Waals surface area contributed by atoms with E-state index < -0.39 is 0 Å². The zero-order valence-electron chi connectivity index (χ0n) is 10.7. The van der Waals surface area contributed by atoms with Crippen molar-refractivity contribution in [3.05, 3.63) is 6.92 Å². The third-order valence-corrected chi connectivity index (χ3v) is 3.37. The molecule has 0 spiro atoms. The SMILES string of the molecule is [CH2]CCCCCCCC(C)C(C)(C)C. The smallest absolute Gasteiger partial charge is 0.0357 e. The second-order valence-electron chi connectivity index (χ2n) is 5.68. The third kappa shape index (κ3) is 7.41. The Hall–Kier alpha value is 0. The van der Waals surface area contributed by atoms with E-state index in [2.05, 4.69) is 34.6 Å². The summed E-state index contributed by atoms with van der Waals surface area (Å²) in [6.07, 6.45) is 9.44. The second kappa shape index (κ2) is 7.31. The summed E-state index contributed by atoms with van der Waals surface area (Å²) in [5.74, 6) is 0.857. The molecule has 0 amide bonds. The van der Waals surface area contributed by atoms with Crippen molar-refractivity contribution in [2.75, 3.05) is 0 Å². The van der Waals surface area contributed by atoms with Crippen LogP contribution in [0.1, 0.15) is 72.6 Å². The molecule has 0 nitrogen and oxygen atoms in total. The predicted octanol–water partition coefficient (Wildman–Crippen LogP) is 5.23. The van der Waals surface area contributed by atoms with E-state index in [0.29, 0.717) is 5.41 Å². The zero-order chi connectivity index (χ0) is 11.0. The molecule has 0 aromatic carbocycles. The van der Waals surface area contributed by atoms with Gasteiger partial charge >= 0.3 is 0 Å². The van der Waals surface area contributed by atoms with Crippen LogP contribution in [-0.2, 0) is 0 Å². The molecule has 0 aromatic heterocycles. The molecule has 0 heteroatoms. The number of hydrogen-bond donors (Lipinski definition) is 0. The number of unbranched alkanes of at least 4 members (excludes halogenated alkanes) is 5. The molecule has 0 fully saturated rings. The van der Waals surface area contributed by atoms with Crippen LogP contribution in [0.3, 0.4) is 0 Å². The Balaban J connectivity index is 3.28. The molecule has 1 atom stereocenters. The van der Waals surface area contributed by atoms with Crippen LogP contribution in [0.15, 0.2) is 0 Å². The Kier molecular flexibility index (Phi) is 7.31. The fraction of sp³-hybridized carbons (Fsp3) is 0.929. The average molecular weight is 197 g/mol. The summed E-state index contributed by atoms with van der Waals surface area (Å²) in [7, 11) is 0. The molecule has 0 aliphatic rings. The first kappa shape index (κ1) is 14.0. The first-order valence-corrected chi connectivity index (χ1v) is 6.27. The lowest BCUT2D eigenvalue weighted by atomic mass is 9.79. The van der Waals surface area contributed by atoms with E-state index in [0.717, 1.165) is 12.3 Å². The highest BCUT2D eigenvalue weighted by atomic mass is 14.2. The van der Waals surface area contributed by atoms with Gasteiger partial charge in [-0.2, -0.15) is 0 Å². The van der Waals surface area contributed by atoms with Crippen LogP contribution in [0.2, 0.25) is 0 Å². The Morgan fingerprint density at radius 2 is 1.43 bits per heavy atom. The van der Waals surface area contributed by atoms with E-state index in [1.807, 2.05) is 0 Å². The first-order chi connectivity index (χ1) is 6.48. The molecule has 0 saturated carbocycles. The predicted molar refractivity (Wildman–Crippen MR) is 66.3 cm³/mol. The van der Waals surface area contributed by atoms with E-state index in [4.69, 9.17) is 0 Å². The van der Waals surface area contributed by atoms with Crippen molar-refractivity contribution in [2.24, 2.45) is 11.3 Å². The van der Waals surface area contributed by atoms with Crippen molar-refractivity contribution in [3.8, 4) is 0 Å². The van der Waals surface area contributed by atoms with Crippen molar-refractivity contribution in [3.63, 3.8) is 0 Å². The molecule has 0 N–H and O–H groups in total. The molecule has 0 bridgehead atoms. The summed E-state index contributed by atoms with van der Waals surface area (Å²) >= 11 is 0. The molecule has 85 valence electrons. The molecule has 0 aliphatic heterocycles. The monoisotopic (exact) mass is 197 g/mol. The minimum absolute atomic E-state index is 0.493. The molecule has 1 unspecified atom stereocenters. The molecule has 14 heavy (non-hydrogen) atoms. The van der Waals surface area contributed by atoms with Gasteiger partial charge < -0.3 is 0 Å². The Bertz CT molecular complexity index is 118. The van der Waals surface area contributed by atoms with Crippen molar-refractivity contribution < 1.29 is 0 Å². The molecule has 0 heterocycles. The van der Waals surface area contributed by atoms with E-state index in [9.17, 15) is 0 Å². The van der Waals surface area contributed by atoms with Gasteiger partial charge in [0.2, 0.25) is 0 Å². The van der Waals surface area contributed by atoms with Gasteiger partial charge in [0.1, 0.15) is 0 Å². The van der Waals surface area contributed by atoms with E-state index >= 15 is 0 Å². The molecule has 0 aromatic rings. The molecular weight excluding hydrogens is 168 g/mol. The van der Waals surface area contributed by atoms with Crippen LogP contribution in [0, 0.1) is 18.3 Å². The molecular formula is C14H29. The van der Waals surface area contributed by atoms with E-state index in [1.54, 1.807) is 0 Å². The largest absolute Gasteiger partial charge is 0.0620 e. The van der Waals surface area contributed by atoms with Crippen LogP contribution >= 0.6 is 0 Å². The topological polar surface area (TPSA) is 0 Å². The van der Waals surface area contributed by atoms with Crippen LogP contribution < -0.4 is 0 Å². The van der Waals surface area contributed by atoms with Gasteiger partial charge in [0.05, 0.1) is 0 Å². The quantitative estimate of drug-likeness (QED) is 0.490. The standard InChI is InChI=1S/C14H29/c1-6-7-8-9-10-11-12-13(2)14(3,4)5/h13H,1,6-12H2,2-5H3. The highest BCUT2D eigenvalue weighted by Gasteiger charge is 2.18. The van der Waals surface area contributed by atoms with Gasteiger partial charge in [0.15, 0.2) is 0 Å². The molecule has 0 aliphatic carbocycles. The van der Waals surface area contributed by atoms with Gasteiger partial charge in [-0.25, -0.2) is 0 Å². The maximum atomic E-state index is 3.86. The summed E-state index contributed by atoms with van der Waals surface area (Å²) in [5, 5.41) is 0. The van der Waals surface area contributed by atoms with Gasteiger partial charge in [0, 0.05) is 0 Å². The van der Waals surface area contributed by atoms with E-state index in [-0.39, 0.29) is 0 Å². The third-order valence-electron chi connectivity index (χ3n) is 3.37. The van der Waals surface area contributed by atoms with Crippen molar-refractivity contribution in [2.45, 2.75) is 72.6 Å². The second-order valence-corrected chi connectivity index (χ2v) is 5.68. The average Bonchev–Trinajstić information content (AvgIpc) is 2.09. The van der Waals surface area contributed by atoms with E-state index in [1.165, 1.54) is 38.5 Å². The first-order valence-electron chi connectivity index (χ1n) is 6.27. The lowest BCUT2D eigenvalue weighted by Gasteiger charge is -2.27. The number of rotatable bonds is 7. The van der Waals surface area contributed by atoms with Crippen LogP contribution in [-0.4, -0.2) is 0 Å². The normalized spacial score (nSPS) is 14.4. The minimum atomic E-state index is 0.493. The maximum Gasteiger partial charge on any atom is -0.0357 e. The molecule has 1 radical (unpaired) electrons. The zero-order valence-corrected chi connectivity index (χ0v) is 10.7. The fourth-order valence-corrected chi connectivity index (χ4v) is 1.59. The van der Waals surface area contributed by atoms with Crippen LogP contribution in [0.4, 0.5) is 0 Å². The lowest BCUT2D eigenvalue weighted by Crippen LogP contribution is -2.16. The Morgan fingerprint density at radius 1 is 0.929 bits per heavy atom. The highest BCUT2D eigenvalue weighted by Crippen LogP contribution is 2.29. The Morgan fingerprint density at radius 3 is 1.93 bits per heavy atom. The maximum absolute atomic E-state index is 3.86. The van der Waals surface area contributed by atoms with Gasteiger partial charge in [-0.15, -0.1) is 0 Å². The fourth-order valence-electron chi connectivity index (χ4n) is 1.59. The highest BCUT2D eigenvalue weighted by molar-refractivity contribution is 4.69. The van der Waals surface area contributed by atoms with Crippen LogP contribution in [0.25, 0.3) is 0 Å². The van der Waals surface area contributed by atoms with Gasteiger partial charge in [-0.1, -0.05) is 79.6 Å². The Labute approximate surface area is 91.5 Å². The van der Waals surface area contributed by atoms with Crippen molar-refractivity contribution >= 4 is 0 Å². The lowest BCUT2D eigenvalue weighted by molar-refractivity contribution is 0.240. The summed E-state index contributed by atoms with van der Waals surface area (Å²) in [4.78, 5) is 0. The summed E-state index contributed by atoms with van der Waals surface area (Å²) < 4.78 is 0. The van der Waals surface area contributed by atoms with Gasteiger partial charge in [-0.3, -0.25) is 0 Å². The summed E-state index contributed by atoms with van der Waals surface area (Å²) in [6.45, 7) is 13.3. The summed E-state index contributed by atoms with van der Waals surface area (Å²) in [6, 6.07) is 0. The van der Waals surface area contributed by atoms with Gasteiger partial charge in [0.25, 0.3) is 0 Å². The van der Waals surface area contributed by atoms with Crippen molar-refractivity contribution in [1.29, 1.82) is 0 Å². The molecule has 0 saturated heterocycles. The van der Waals surface area contributed by atoms with Crippen LogP contribution in [0.5, 0.6) is 0 Å². The summed E-state index contributed by atoms with van der Waals surface area (Å²) in [5.41, 5.74) is 0.493. The van der Waals surface area contributed by atoms with Gasteiger partial charge in [-0.05, 0) is 11.3 Å². The molecule has 0 rings (SSSR count). The van der Waals surface area contributed by atoms with Crippen molar-refractivity contribution in [1.82, 2.24) is 0 Å². The number of hydrogen-bond acceptors (Lipinski definition) is 0.